The number of carboxylic acid groups (broad SMARTS) is 1. The lowest BCUT2D eigenvalue weighted by Gasteiger charge is -2.11. The molecule has 1 heterocycles. The number of aliphatic carboxylic acids is 1. The van der Waals surface area contributed by atoms with Crippen molar-refractivity contribution in [2.24, 2.45) is 0 Å². The van der Waals surface area contributed by atoms with Gasteiger partial charge in [0.1, 0.15) is 0 Å². The Hall–Kier alpha value is -1.34. The number of urea groups is 1. The van der Waals surface area contributed by atoms with Crippen LogP contribution in [0.3, 0.4) is 0 Å². The summed E-state index contributed by atoms with van der Waals surface area (Å²) in [5.41, 5.74) is 0. The van der Waals surface area contributed by atoms with Gasteiger partial charge in [0.15, 0.2) is 6.10 Å². The molecule has 98 valence electrons. The number of aliphatic hydroxyl groups excluding tert-OH is 1. The van der Waals surface area contributed by atoms with Gasteiger partial charge in [0.25, 0.3) is 0 Å². The molecule has 2 atom stereocenters. The van der Waals surface area contributed by atoms with Gasteiger partial charge < -0.3 is 25.6 Å². The molecule has 1 aliphatic rings. The van der Waals surface area contributed by atoms with Crippen molar-refractivity contribution >= 4 is 12.0 Å². The van der Waals surface area contributed by atoms with Crippen molar-refractivity contribution < 1.29 is 24.5 Å². The maximum Gasteiger partial charge on any atom is 0.334 e. The first-order valence-electron chi connectivity index (χ1n) is 5.63. The van der Waals surface area contributed by atoms with Crippen molar-refractivity contribution in [1.29, 1.82) is 0 Å². The second-order valence-corrected chi connectivity index (χ2v) is 3.91. The molecule has 0 bridgehead atoms. The van der Waals surface area contributed by atoms with Crippen molar-refractivity contribution in [3.05, 3.63) is 0 Å². The molecular formula is C10H18N2O5. The predicted molar refractivity (Wildman–Crippen MR) is 58.6 cm³/mol. The number of aliphatic hydroxyl groups is 1. The highest BCUT2D eigenvalue weighted by atomic mass is 16.5. The van der Waals surface area contributed by atoms with Crippen LogP contribution >= 0.6 is 0 Å². The molecule has 2 amide bonds. The number of rotatable bonds is 6. The molecule has 1 rings (SSSR count). The van der Waals surface area contributed by atoms with E-state index in [1.54, 1.807) is 0 Å². The average Bonchev–Trinajstić information content (AvgIpc) is 2.78. The summed E-state index contributed by atoms with van der Waals surface area (Å²) in [6.45, 7) is 0.947. The van der Waals surface area contributed by atoms with Gasteiger partial charge in [-0.1, -0.05) is 0 Å². The van der Waals surface area contributed by atoms with Gasteiger partial charge in [0.05, 0.1) is 12.6 Å². The number of hydrogen-bond donors (Lipinski definition) is 4. The monoisotopic (exact) mass is 246 g/mol. The molecule has 7 heteroatoms. The number of carbonyl (C=O) groups excluding carboxylic acids is 1. The fourth-order valence-corrected chi connectivity index (χ4v) is 1.56. The number of hydrogen-bond acceptors (Lipinski definition) is 4. The lowest BCUT2D eigenvalue weighted by molar-refractivity contribution is -0.146. The molecule has 0 aromatic carbocycles. The van der Waals surface area contributed by atoms with Gasteiger partial charge in [0, 0.05) is 13.2 Å². The number of nitrogens with one attached hydrogen (secondary N) is 2. The Balaban J connectivity index is 2.02. The largest absolute Gasteiger partial charge is 0.479 e. The molecule has 1 fully saturated rings. The summed E-state index contributed by atoms with van der Waals surface area (Å²) in [6, 6.07) is -0.483. The Kier molecular flexibility index (Phi) is 5.71. The average molecular weight is 246 g/mol. The van der Waals surface area contributed by atoms with Gasteiger partial charge in [-0.05, 0) is 19.3 Å². The molecule has 0 radical (unpaired) electrons. The Labute approximate surface area is 99.1 Å². The van der Waals surface area contributed by atoms with E-state index in [-0.39, 0.29) is 12.6 Å². The molecule has 1 unspecified atom stereocenters. The number of amides is 2. The summed E-state index contributed by atoms with van der Waals surface area (Å²) < 4.78 is 5.37. The van der Waals surface area contributed by atoms with Crippen molar-refractivity contribution in [1.82, 2.24) is 10.6 Å². The van der Waals surface area contributed by atoms with Gasteiger partial charge in [-0.25, -0.2) is 9.59 Å². The number of carboxylic acids is 1. The summed E-state index contributed by atoms with van der Waals surface area (Å²) in [5.74, 6) is -1.36. The van der Waals surface area contributed by atoms with E-state index >= 15 is 0 Å². The topological polar surface area (TPSA) is 108 Å². The molecule has 17 heavy (non-hydrogen) atoms. The zero-order valence-corrected chi connectivity index (χ0v) is 9.52. The third kappa shape index (κ3) is 5.50. The Morgan fingerprint density at radius 1 is 1.41 bits per heavy atom. The Morgan fingerprint density at radius 2 is 2.18 bits per heavy atom. The first kappa shape index (κ1) is 13.7. The molecule has 4 N–H and O–H groups in total. The van der Waals surface area contributed by atoms with Crippen LogP contribution in [0.15, 0.2) is 0 Å². The van der Waals surface area contributed by atoms with E-state index in [0.29, 0.717) is 6.54 Å². The maximum atomic E-state index is 11.2. The van der Waals surface area contributed by atoms with Gasteiger partial charge >= 0.3 is 12.0 Å². The molecular weight excluding hydrogens is 228 g/mol. The first-order valence-corrected chi connectivity index (χ1v) is 5.63. The van der Waals surface area contributed by atoms with Crippen LogP contribution < -0.4 is 10.6 Å². The fraction of sp³-hybridized carbons (Fsp3) is 0.800. The lowest BCUT2D eigenvalue weighted by atomic mass is 10.2. The second-order valence-electron chi connectivity index (χ2n) is 3.91. The third-order valence-electron chi connectivity index (χ3n) is 2.52. The molecule has 7 nitrogen and oxygen atoms in total. The highest BCUT2D eigenvalue weighted by Crippen LogP contribution is 2.14. The molecule has 0 aromatic heterocycles. The highest BCUT2D eigenvalue weighted by Gasteiger charge is 2.16. The van der Waals surface area contributed by atoms with Crippen LogP contribution in [0.2, 0.25) is 0 Å². The summed E-state index contributed by atoms with van der Waals surface area (Å²) in [5, 5.41) is 22.1. The smallest absolute Gasteiger partial charge is 0.334 e. The summed E-state index contributed by atoms with van der Waals surface area (Å²) in [4.78, 5) is 21.4. The zero-order valence-electron chi connectivity index (χ0n) is 9.52. The normalized spacial score (nSPS) is 20.9. The standard InChI is InChI=1S/C10H18N2O5/c13-8(9(14)15)6-12-10(16)11-4-3-7-2-1-5-17-7/h7-8,13H,1-6H2,(H,14,15)(H2,11,12,16)/t7?,8-/m0/s1. The summed E-state index contributed by atoms with van der Waals surface area (Å²) in [6.07, 6.45) is 1.45. The van der Waals surface area contributed by atoms with Crippen LogP contribution in [-0.4, -0.2) is 54.1 Å². The van der Waals surface area contributed by atoms with E-state index < -0.39 is 18.1 Å². The van der Waals surface area contributed by atoms with Crippen molar-refractivity contribution in [3.63, 3.8) is 0 Å². The summed E-state index contributed by atoms with van der Waals surface area (Å²) in [7, 11) is 0. The molecule has 0 saturated carbocycles. The minimum Gasteiger partial charge on any atom is -0.479 e. The molecule has 1 aliphatic heterocycles. The van der Waals surface area contributed by atoms with Crippen LogP contribution in [0.5, 0.6) is 0 Å². The first-order chi connectivity index (χ1) is 8.09. The minimum absolute atomic E-state index is 0.208. The van der Waals surface area contributed by atoms with Crippen LogP contribution in [0, 0.1) is 0 Å². The fourth-order valence-electron chi connectivity index (χ4n) is 1.56. The van der Waals surface area contributed by atoms with Crippen molar-refractivity contribution in [2.45, 2.75) is 31.5 Å². The van der Waals surface area contributed by atoms with Crippen molar-refractivity contribution in [2.75, 3.05) is 19.7 Å². The van der Waals surface area contributed by atoms with Gasteiger partial charge in [-0.15, -0.1) is 0 Å². The van der Waals surface area contributed by atoms with Gasteiger partial charge in [-0.3, -0.25) is 0 Å². The van der Waals surface area contributed by atoms with E-state index in [9.17, 15) is 9.59 Å². The maximum absolute atomic E-state index is 11.2. The Bertz CT molecular complexity index is 265. The van der Waals surface area contributed by atoms with E-state index in [0.717, 1.165) is 25.9 Å². The van der Waals surface area contributed by atoms with Crippen LogP contribution in [-0.2, 0) is 9.53 Å². The number of ether oxygens (including phenoxy) is 1. The van der Waals surface area contributed by atoms with Crippen molar-refractivity contribution in [3.8, 4) is 0 Å². The van der Waals surface area contributed by atoms with Gasteiger partial charge in [0.2, 0.25) is 0 Å². The van der Waals surface area contributed by atoms with Crippen LogP contribution in [0.25, 0.3) is 0 Å². The minimum atomic E-state index is -1.57. The van der Waals surface area contributed by atoms with Gasteiger partial charge in [-0.2, -0.15) is 0 Å². The lowest BCUT2D eigenvalue weighted by Crippen LogP contribution is -2.42. The zero-order chi connectivity index (χ0) is 12.7. The van der Waals surface area contributed by atoms with E-state index in [4.69, 9.17) is 14.9 Å². The summed E-state index contributed by atoms with van der Waals surface area (Å²) >= 11 is 0. The van der Waals surface area contributed by atoms with E-state index in [1.165, 1.54) is 0 Å². The SMILES string of the molecule is O=C(NCCC1CCCO1)NC[C@H](O)C(=O)O. The molecule has 0 aromatic rings. The predicted octanol–water partition coefficient (Wildman–Crippen LogP) is -0.700. The molecule has 0 spiro atoms. The molecule has 1 saturated heterocycles. The van der Waals surface area contributed by atoms with Crippen LogP contribution in [0.4, 0.5) is 4.79 Å². The number of carbonyl (C=O) groups is 2. The third-order valence-corrected chi connectivity index (χ3v) is 2.52. The Morgan fingerprint density at radius 3 is 2.76 bits per heavy atom. The van der Waals surface area contributed by atoms with E-state index in [2.05, 4.69) is 10.6 Å². The second kappa shape index (κ2) is 7.08. The van der Waals surface area contributed by atoms with Crippen LogP contribution in [0.1, 0.15) is 19.3 Å². The highest BCUT2D eigenvalue weighted by molar-refractivity contribution is 5.76. The quantitative estimate of drug-likeness (QED) is 0.495. The molecule has 0 aliphatic carbocycles. The van der Waals surface area contributed by atoms with E-state index in [1.807, 2.05) is 0 Å².